The van der Waals surface area contributed by atoms with E-state index in [9.17, 15) is 5.11 Å². The smallest absolute Gasteiger partial charge is 0.119 e. The standard InChI is InChI=1S/C14H23NO3/c1-15(13(11-17)7-9-16)8-6-12-4-3-5-14(10-12)18-2/h3-5,10,13,16-17H,6-9,11H2,1-2H3. The number of aliphatic hydroxyl groups is 2. The summed E-state index contributed by atoms with van der Waals surface area (Å²) in [6.07, 6.45) is 1.50. The summed E-state index contributed by atoms with van der Waals surface area (Å²) >= 11 is 0. The molecule has 2 N–H and O–H groups in total. The molecule has 0 aliphatic heterocycles. The minimum absolute atomic E-state index is 0.0283. The third-order valence-electron chi connectivity index (χ3n) is 3.18. The molecule has 0 saturated carbocycles. The highest BCUT2D eigenvalue weighted by atomic mass is 16.5. The largest absolute Gasteiger partial charge is 0.497 e. The average molecular weight is 253 g/mol. The van der Waals surface area contributed by atoms with Crippen LogP contribution in [0.3, 0.4) is 0 Å². The van der Waals surface area contributed by atoms with Crippen molar-refractivity contribution in [2.24, 2.45) is 0 Å². The lowest BCUT2D eigenvalue weighted by atomic mass is 10.1. The van der Waals surface area contributed by atoms with E-state index in [0.29, 0.717) is 6.42 Å². The highest BCUT2D eigenvalue weighted by Crippen LogP contribution is 2.13. The molecule has 1 unspecified atom stereocenters. The highest BCUT2D eigenvalue weighted by Gasteiger charge is 2.12. The van der Waals surface area contributed by atoms with Crippen molar-refractivity contribution in [1.29, 1.82) is 0 Å². The van der Waals surface area contributed by atoms with E-state index in [0.717, 1.165) is 18.7 Å². The van der Waals surface area contributed by atoms with E-state index in [1.807, 2.05) is 25.2 Å². The maximum atomic E-state index is 9.23. The summed E-state index contributed by atoms with van der Waals surface area (Å²) in [6.45, 7) is 1.03. The van der Waals surface area contributed by atoms with Gasteiger partial charge >= 0.3 is 0 Å². The first-order valence-electron chi connectivity index (χ1n) is 6.26. The molecule has 0 spiro atoms. The van der Waals surface area contributed by atoms with E-state index in [1.165, 1.54) is 5.56 Å². The summed E-state index contributed by atoms with van der Waals surface area (Å²) < 4.78 is 5.18. The average Bonchev–Trinajstić information content (AvgIpc) is 2.42. The van der Waals surface area contributed by atoms with Crippen molar-refractivity contribution < 1.29 is 14.9 Å². The number of methoxy groups -OCH3 is 1. The van der Waals surface area contributed by atoms with Crippen molar-refractivity contribution in [3.05, 3.63) is 29.8 Å². The molecular formula is C14H23NO3. The Kier molecular flexibility index (Phi) is 6.72. The maximum Gasteiger partial charge on any atom is 0.119 e. The van der Waals surface area contributed by atoms with Crippen LogP contribution in [0, 0.1) is 0 Å². The Morgan fingerprint density at radius 2 is 2.11 bits per heavy atom. The number of hydrogen-bond acceptors (Lipinski definition) is 4. The lowest BCUT2D eigenvalue weighted by molar-refractivity contribution is 0.120. The molecule has 0 fully saturated rings. The van der Waals surface area contributed by atoms with E-state index >= 15 is 0 Å². The number of nitrogens with zero attached hydrogens (tertiary/aromatic N) is 1. The van der Waals surface area contributed by atoms with Crippen molar-refractivity contribution in [3.63, 3.8) is 0 Å². The van der Waals surface area contributed by atoms with Crippen molar-refractivity contribution in [2.75, 3.05) is 33.9 Å². The van der Waals surface area contributed by atoms with Crippen LogP contribution < -0.4 is 4.74 Å². The van der Waals surface area contributed by atoms with Gasteiger partial charge in [-0.15, -0.1) is 0 Å². The van der Waals surface area contributed by atoms with Crippen molar-refractivity contribution >= 4 is 0 Å². The lowest BCUT2D eigenvalue weighted by Crippen LogP contribution is -2.36. The van der Waals surface area contributed by atoms with Crippen molar-refractivity contribution in [3.8, 4) is 5.75 Å². The molecule has 4 heteroatoms. The van der Waals surface area contributed by atoms with E-state index in [2.05, 4.69) is 11.0 Å². The van der Waals surface area contributed by atoms with Gasteiger partial charge in [-0.3, -0.25) is 0 Å². The van der Waals surface area contributed by atoms with Gasteiger partial charge in [0.2, 0.25) is 0 Å². The van der Waals surface area contributed by atoms with Gasteiger partial charge in [0.15, 0.2) is 0 Å². The zero-order valence-electron chi connectivity index (χ0n) is 11.2. The first-order chi connectivity index (χ1) is 8.71. The Balaban J connectivity index is 2.47. The summed E-state index contributed by atoms with van der Waals surface area (Å²) in [6, 6.07) is 8.02. The molecule has 1 rings (SSSR count). The van der Waals surface area contributed by atoms with Crippen LogP contribution in [-0.2, 0) is 6.42 Å². The molecule has 4 nitrogen and oxygen atoms in total. The van der Waals surface area contributed by atoms with Crippen molar-refractivity contribution in [2.45, 2.75) is 18.9 Å². The van der Waals surface area contributed by atoms with Crippen LogP contribution in [0.4, 0.5) is 0 Å². The van der Waals surface area contributed by atoms with E-state index < -0.39 is 0 Å². The van der Waals surface area contributed by atoms with Crippen LogP contribution in [0.2, 0.25) is 0 Å². The van der Waals surface area contributed by atoms with E-state index in [1.54, 1.807) is 7.11 Å². The molecule has 1 aromatic rings. The minimum Gasteiger partial charge on any atom is -0.497 e. The number of ether oxygens (including phenoxy) is 1. The molecule has 18 heavy (non-hydrogen) atoms. The lowest BCUT2D eigenvalue weighted by Gasteiger charge is -2.25. The molecule has 0 heterocycles. The molecule has 0 radical (unpaired) electrons. The highest BCUT2D eigenvalue weighted by molar-refractivity contribution is 5.28. The van der Waals surface area contributed by atoms with Gasteiger partial charge in [0.1, 0.15) is 5.75 Å². The van der Waals surface area contributed by atoms with Gasteiger partial charge in [0.25, 0.3) is 0 Å². The fraction of sp³-hybridized carbons (Fsp3) is 0.571. The zero-order valence-corrected chi connectivity index (χ0v) is 11.2. The van der Waals surface area contributed by atoms with Gasteiger partial charge in [-0.25, -0.2) is 0 Å². The number of benzene rings is 1. The molecule has 1 aromatic carbocycles. The van der Waals surface area contributed by atoms with E-state index in [4.69, 9.17) is 9.84 Å². The zero-order chi connectivity index (χ0) is 13.4. The van der Waals surface area contributed by atoms with Crippen LogP contribution in [0.15, 0.2) is 24.3 Å². The van der Waals surface area contributed by atoms with Gasteiger partial charge in [0, 0.05) is 19.2 Å². The molecule has 0 saturated heterocycles. The first-order valence-corrected chi connectivity index (χ1v) is 6.26. The van der Waals surface area contributed by atoms with Crippen LogP contribution in [0.5, 0.6) is 5.75 Å². The third-order valence-corrected chi connectivity index (χ3v) is 3.18. The second-order valence-electron chi connectivity index (χ2n) is 4.43. The summed E-state index contributed by atoms with van der Waals surface area (Å²) in [5.41, 5.74) is 1.21. The molecule has 0 amide bonds. The topological polar surface area (TPSA) is 52.9 Å². The molecule has 1 atom stereocenters. The monoisotopic (exact) mass is 253 g/mol. The Labute approximate surface area is 109 Å². The molecule has 0 bridgehead atoms. The summed E-state index contributed by atoms with van der Waals surface area (Å²) in [5.74, 6) is 0.865. The van der Waals surface area contributed by atoms with Gasteiger partial charge < -0.3 is 19.8 Å². The molecule has 102 valence electrons. The Hall–Kier alpha value is -1.10. The van der Waals surface area contributed by atoms with E-state index in [-0.39, 0.29) is 19.3 Å². The fourth-order valence-corrected chi connectivity index (χ4v) is 1.92. The Morgan fingerprint density at radius 1 is 1.33 bits per heavy atom. The second kappa shape index (κ2) is 8.08. The van der Waals surface area contributed by atoms with Gasteiger partial charge in [0.05, 0.1) is 13.7 Å². The molecule has 0 aromatic heterocycles. The normalized spacial score (nSPS) is 12.7. The van der Waals surface area contributed by atoms with Crippen molar-refractivity contribution in [1.82, 2.24) is 4.90 Å². The summed E-state index contributed by atoms with van der Waals surface area (Å²) in [4.78, 5) is 2.08. The maximum absolute atomic E-state index is 9.23. The van der Waals surface area contributed by atoms with Crippen LogP contribution in [-0.4, -0.2) is 55.1 Å². The SMILES string of the molecule is COc1cccc(CCN(C)C(CO)CCO)c1. The van der Waals surface area contributed by atoms with Gasteiger partial charge in [-0.1, -0.05) is 12.1 Å². The Morgan fingerprint density at radius 3 is 2.72 bits per heavy atom. The number of rotatable bonds is 8. The predicted molar refractivity (Wildman–Crippen MR) is 71.9 cm³/mol. The summed E-state index contributed by atoms with van der Waals surface area (Å²) in [7, 11) is 3.63. The van der Waals surface area contributed by atoms with Crippen LogP contribution >= 0.6 is 0 Å². The Bertz CT molecular complexity index is 344. The quantitative estimate of drug-likeness (QED) is 0.723. The van der Waals surface area contributed by atoms with Crippen LogP contribution in [0.25, 0.3) is 0 Å². The number of likely N-dealkylation sites (N-methyl/N-ethyl adjacent to an activating group) is 1. The van der Waals surface area contributed by atoms with Gasteiger partial charge in [-0.05, 0) is 37.6 Å². The fourth-order valence-electron chi connectivity index (χ4n) is 1.92. The molecule has 0 aliphatic rings. The second-order valence-corrected chi connectivity index (χ2v) is 4.43. The summed E-state index contributed by atoms with van der Waals surface area (Å²) in [5, 5.41) is 18.2. The predicted octanol–water partition coefficient (Wildman–Crippen LogP) is 0.913. The third kappa shape index (κ3) is 4.64. The molecular weight excluding hydrogens is 230 g/mol. The van der Waals surface area contributed by atoms with Gasteiger partial charge in [-0.2, -0.15) is 0 Å². The first kappa shape index (κ1) is 15.0. The minimum atomic E-state index is 0.0283. The number of hydrogen-bond donors (Lipinski definition) is 2. The molecule has 0 aliphatic carbocycles. The number of aliphatic hydroxyl groups excluding tert-OH is 2. The van der Waals surface area contributed by atoms with Crippen LogP contribution in [0.1, 0.15) is 12.0 Å².